The maximum Gasteiger partial charge on any atom is 0.273 e. The first-order valence-electron chi connectivity index (χ1n) is 6.36. The molecule has 0 aromatic heterocycles. The fourth-order valence-corrected chi connectivity index (χ4v) is 1.75. The molecule has 0 radical (unpaired) electrons. The first-order chi connectivity index (χ1) is 10.1. The Kier molecular flexibility index (Phi) is 8.91. The Morgan fingerprint density at radius 1 is 1.10 bits per heavy atom. The second-order valence-corrected chi connectivity index (χ2v) is 4.79. The van der Waals surface area contributed by atoms with Crippen LogP contribution in [0, 0.1) is 10.1 Å². The van der Waals surface area contributed by atoms with E-state index in [0.717, 1.165) is 0 Å². The lowest BCUT2D eigenvalue weighted by molar-refractivity contribution is -0.385. The van der Waals surface area contributed by atoms with Gasteiger partial charge >= 0.3 is 0 Å². The van der Waals surface area contributed by atoms with Gasteiger partial charge in [0.2, 0.25) is 0 Å². The minimum Gasteiger partial charge on any atom is -0.490 e. The molecular weight excluding hydrogens is 346 g/mol. The first-order valence-corrected chi connectivity index (χ1v) is 7.15. The van der Waals surface area contributed by atoms with Crippen molar-refractivity contribution in [1.82, 2.24) is 0 Å². The van der Waals surface area contributed by atoms with E-state index in [2.05, 4.69) is 15.9 Å². The van der Waals surface area contributed by atoms with Gasteiger partial charge in [-0.05, 0) is 22.0 Å². The molecule has 0 fully saturated rings. The van der Waals surface area contributed by atoms with Gasteiger partial charge in [-0.25, -0.2) is 0 Å². The quantitative estimate of drug-likeness (QED) is 0.341. The van der Waals surface area contributed by atoms with E-state index < -0.39 is 4.92 Å². The SMILES string of the molecule is COCCOCCOCCOc1cc([N+](=O)[O-])ccc1Br. The summed E-state index contributed by atoms with van der Waals surface area (Å²) >= 11 is 3.28. The van der Waals surface area contributed by atoms with Gasteiger partial charge in [-0.3, -0.25) is 10.1 Å². The van der Waals surface area contributed by atoms with Crippen molar-refractivity contribution in [2.24, 2.45) is 0 Å². The third-order valence-electron chi connectivity index (χ3n) is 2.41. The number of rotatable bonds is 11. The van der Waals surface area contributed by atoms with Gasteiger partial charge in [0.15, 0.2) is 0 Å². The van der Waals surface area contributed by atoms with Crippen molar-refractivity contribution >= 4 is 21.6 Å². The Morgan fingerprint density at radius 2 is 1.71 bits per heavy atom. The molecule has 8 heteroatoms. The van der Waals surface area contributed by atoms with Gasteiger partial charge in [-0.15, -0.1) is 0 Å². The molecule has 0 aliphatic heterocycles. The molecule has 7 nitrogen and oxygen atoms in total. The van der Waals surface area contributed by atoms with Crippen LogP contribution in [0.1, 0.15) is 0 Å². The molecule has 0 unspecified atom stereocenters. The summed E-state index contributed by atoms with van der Waals surface area (Å²) < 4.78 is 21.5. The van der Waals surface area contributed by atoms with Crippen molar-refractivity contribution in [3.8, 4) is 5.75 Å². The molecule has 0 aliphatic rings. The van der Waals surface area contributed by atoms with E-state index in [4.69, 9.17) is 18.9 Å². The Hall–Kier alpha value is -1.22. The standard InChI is InChI=1S/C13H18BrNO6/c1-18-4-5-19-6-7-20-8-9-21-13-10-11(15(16)17)2-3-12(13)14/h2-3,10H,4-9H2,1H3. The number of halogens is 1. The van der Waals surface area contributed by atoms with Crippen molar-refractivity contribution < 1.29 is 23.9 Å². The van der Waals surface area contributed by atoms with Crippen molar-refractivity contribution in [1.29, 1.82) is 0 Å². The molecule has 0 saturated carbocycles. The lowest BCUT2D eigenvalue weighted by Crippen LogP contribution is -2.12. The van der Waals surface area contributed by atoms with Crippen molar-refractivity contribution in [2.45, 2.75) is 0 Å². The molecule has 1 aromatic rings. The van der Waals surface area contributed by atoms with Crippen LogP contribution in [0.4, 0.5) is 5.69 Å². The number of hydrogen-bond acceptors (Lipinski definition) is 6. The Labute approximate surface area is 131 Å². The van der Waals surface area contributed by atoms with Gasteiger partial charge in [0, 0.05) is 13.2 Å². The van der Waals surface area contributed by atoms with E-state index in [1.165, 1.54) is 12.1 Å². The molecule has 0 N–H and O–H groups in total. The number of nitro benzene ring substituents is 1. The molecule has 0 heterocycles. The minimum atomic E-state index is -0.465. The van der Waals surface area contributed by atoms with E-state index in [1.54, 1.807) is 13.2 Å². The van der Waals surface area contributed by atoms with Gasteiger partial charge < -0.3 is 18.9 Å². The number of hydrogen-bond donors (Lipinski definition) is 0. The smallest absolute Gasteiger partial charge is 0.273 e. The molecule has 0 aliphatic carbocycles. The molecule has 1 aromatic carbocycles. The summed E-state index contributed by atoms with van der Waals surface area (Å²) in [5, 5.41) is 10.7. The van der Waals surface area contributed by atoms with Crippen LogP contribution >= 0.6 is 15.9 Å². The zero-order chi connectivity index (χ0) is 15.5. The second-order valence-electron chi connectivity index (χ2n) is 3.94. The monoisotopic (exact) mass is 363 g/mol. The van der Waals surface area contributed by atoms with E-state index in [9.17, 15) is 10.1 Å². The van der Waals surface area contributed by atoms with Crippen LogP contribution in [0.3, 0.4) is 0 Å². The molecular formula is C13H18BrNO6. The summed E-state index contributed by atoms with van der Waals surface area (Å²) in [6, 6.07) is 4.36. The number of nitrogens with zero attached hydrogens (tertiary/aromatic N) is 1. The van der Waals surface area contributed by atoms with Crippen LogP contribution in [0.25, 0.3) is 0 Å². The molecule has 0 bridgehead atoms. The van der Waals surface area contributed by atoms with Gasteiger partial charge in [0.05, 0.1) is 48.5 Å². The summed E-state index contributed by atoms with van der Waals surface area (Å²) in [7, 11) is 1.61. The average molecular weight is 364 g/mol. The Balaban J connectivity index is 2.18. The molecule has 0 saturated heterocycles. The molecule has 0 spiro atoms. The van der Waals surface area contributed by atoms with Crippen LogP contribution in [0.15, 0.2) is 22.7 Å². The Bertz CT molecular complexity index is 443. The minimum absolute atomic E-state index is 0.0133. The van der Waals surface area contributed by atoms with Crippen LogP contribution in [-0.4, -0.2) is 51.7 Å². The van der Waals surface area contributed by atoms with Crippen LogP contribution in [-0.2, 0) is 14.2 Å². The second kappa shape index (κ2) is 10.5. The van der Waals surface area contributed by atoms with Gasteiger partial charge in [0.1, 0.15) is 12.4 Å². The highest BCUT2D eigenvalue weighted by Crippen LogP contribution is 2.29. The summed E-state index contributed by atoms with van der Waals surface area (Å²) in [6.07, 6.45) is 0. The topological polar surface area (TPSA) is 80.1 Å². The van der Waals surface area contributed by atoms with Gasteiger partial charge in [-0.1, -0.05) is 0 Å². The number of non-ortho nitro benzene ring substituents is 1. The van der Waals surface area contributed by atoms with Crippen LogP contribution in [0.2, 0.25) is 0 Å². The third-order valence-corrected chi connectivity index (χ3v) is 3.07. The maximum absolute atomic E-state index is 10.7. The zero-order valence-corrected chi connectivity index (χ0v) is 13.3. The fraction of sp³-hybridized carbons (Fsp3) is 0.538. The molecule has 0 amide bonds. The number of benzene rings is 1. The predicted octanol–water partition coefficient (Wildman–Crippen LogP) is 2.42. The van der Waals surface area contributed by atoms with E-state index in [-0.39, 0.29) is 5.69 Å². The van der Waals surface area contributed by atoms with Crippen LogP contribution in [0.5, 0.6) is 5.75 Å². The largest absolute Gasteiger partial charge is 0.490 e. The Morgan fingerprint density at radius 3 is 2.33 bits per heavy atom. The molecule has 1 rings (SSSR count). The van der Waals surface area contributed by atoms with E-state index in [1.807, 2.05) is 0 Å². The van der Waals surface area contributed by atoms with Crippen LogP contribution < -0.4 is 4.74 Å². The molecule has 0 atom stereocenters. The summed E-state index contributed by atoms with van der Waals surface area (Å²) in [5.41, 5.74) is -0.0133. The molecule has 118 valence electrons. The summed E-state index contributed by atoms with van der Waals surface area (Å²) in [4.78, 5) is 10.2. The van der Waals surface area contributed by atoms with Gasteiger partial charge in [0.25, 0.3) is 5.69 Å². The lowest BCUT2D eigenvalue weighted by atomic mass is 10.3. The number of nitro groups is 1. The van der Waals surface area contributed by atoms with Gasteiger partial charge in [-0.2, -0.15) is 0 Å². The maximum atomic E-state index is 10.7. The predicted molar refractivity (Wildman–Crippen MR) is 79.8 cm³/mol. The van der Waals surface area contributed by atoms with Crippen molar-refractivity contribution in [3.05, 3.63) is 32.8 Å². The number of methoxy groups -OCH3 is 1. The highest BCUT2D eigenvalue weighted by atomic mass is 79.9. The highest BCUT2D eigenvalue weighted by Gasteiger charge is 2.10. The zero-order valence-electron chi connectivity index (χ0n) is 11.7. The highest BCUT2D eigenvalue weighted by molar-refractivity contribution is 9.10. The lowest BCUT2D eigenvalue weighted by Gasteiger charge is -2.09. The number of ether oxygens (including phenoxy) is 4. The fourth-order valence-electron chi connectivity index (χ4n) is 1.39. The van der Waals surface area contributed by atoms with E-state index in [0.29, 0.717) is 49.9 Å². The summed E-state index contributed by atoms with van der Waals surface area (Å²) in [5.74, 6) is 0.421. The van der Waals surface area contributed by atoms with E-state index >= 15 is 0 Å². The normalized spacial score (nSPS) is 10.6. The first kappa shape index (κ1) is 17.8. The van der Waals surface area contributed by atoms with Crippen molar-refractivity contribution in [3.63, 3.8) is 0 Å². The average Bonchev–Trinajstić information content (AvgIpc) is 2.47. The molecule has 21 heavy (non-hydrogen) atoms. The third kappa shape index (κ3) is 7.37. The van der Waals surface area contributed by atoms with Crippen molar-refractivity contribution in [2.75, 3.05) is 46.8 Å². The summed E-state index contributed by atoms with van der Waals surface area (Å²) in [6.45, 7) is 2.73.